The minimum atomic E-state index is -3.12. The fourth-order valence-corrected chi connectivity index (χ4v) is 6.22. The van der Waals surface area contributed by atoms with Gasteiger partial charge in [-0.2, -0.15) is 0 Å². The van der Waals surface area contributed by atoms with E-state index < -0.39 is 10.0 Å². The molecule has 1 fully saturated rings. The van der Waals surface area contributed by atoms with Crippen LogP contribution in [-0.2, 0) is 22.9 Å². The van der Waals surface area contributed by atoms with Crippen LogP contribution in [0.3, 0.4) is 0 Å². The molecule has 1 heterocycles. The maximum Gasteiger partial charge on any atom is 0.211 e. The number of nitrogens with one attached hydrogen (secondary N) is 2. The number of anilines is 1. The Labute approximate surface area is 176 Å². The standard InChI is InChI=1S/C21H28FN3O2S2/c1-2-29(26,27)25-17-10-6-14(7-11-17)13-23-21-24-20-18-12-16(22)9-8-15(18)4-3-5-19(20)28-21/h8-9,12,14,17,25H,2-7,10-11,13H2,1H3,(H,23,24). The molecule has 2 aliphatic carbocycles. The highest BCUT2D eigenvalue weighted by Crippen LogP contribution is 2.37. The Morgan fingerprint density at radius 2 is 2.00 bits per heavy atom. The van der Waals surface area contributed by atoms with E-state index in [4.69, 9.17) is 4.98 Å². The van der Waals surface area contributed by atoms with E-state index in [2.05, 4.69) is 10.0 Å². The van der Waals surface area contributed by atoms with Crippen LogP contribution in [0.25, 0.3) is 11.3 Å². The molecule has 0 unspecified atom stereocenters. The summed E-state index contributed by atoms with van der Waals surface area (Å²) in [6.07, 6.45) is 6.77. The minimum Gasteiger partial charge on any atom is -0.361 e. The van der Waals surface area contributed by atoms with E-state index in [9.17, 15) is 12.8 Å². The number of nitrogens with zero attached hydrogens (tertiary/aromatic N) is 1. The van der Waals surface area contributed by atoms with Crippen LogP contribution < -0.4 is 10.0 Å². The second-order valence-corrected chi connectivity index (χ2v) is 11.2. The normalized spacial score (nSPS) is 21.9. The van der Waals surface area contributed by atoms with Crippen LogP contribution in [0.1, 0.15) is 49.5 Å². The third-order valence-corrected chi connectivity index (χ3v) is 8.51. The predicted molar refractivity (Wildman–Crippen MR) is 116 cm³/mol. The topological polar surface area (TPSA) is 71.1 Å². The molecule has 0 amide bonds. The van der Waals surface area contributed by atoms with Crippen molar-refractivity contribution in [2.24, 2.45) is 5.92 Å². The third-order valence-electron chi connectivity index (χ3n) is 5.99. The molecular weight excluding hydrogens is 409 g/mol. The summed E-state index contributed by atoms with van der Waals surface area (Å²) in [4.78, 5) is 6.03. The number of sulfonamides is 1. The quantitative estimate of drug-likeness (QED) is 0.705. The van der Waals surface area contributed by atoms with Crippen molar-refractivity contribution in [3.63, 3.8) is 0 Å². The molecule has 0 radical (unpaired) electrons. The monoisotopic (exact) mass is 437 g/mol. The maximum atomic E-state index is 13.8. The first kappa shape index (κ1) is 20.8. The molecule has 0 bridgehead atoms. The molecule has 0 spiro atoms. The molecule has 29 heavy (non-hydrogen) atoms. The van der Waals surface area contributed by atoms with Gasteiger partial charge in [0.05, 0.1) is 11.4 Å². The van der Waals surface area contributed by atoms with Crippen molar-refractivity contribution in [3.05, 3.63) is 34.5 Å². The van der Waals surface area contributed by atoms with E-state index in [1.54, 1.807) is 24.3 Å². The highest BCUT2D eigenvalue weighted by atomic mass is 32.2. The van der Waals surface area contributed by atoms with Gasteiger partial charge in [-0.1, -0.05) is 6.07 Å². The van der Waals surface area contributed by atoms with Crippen molar-refractivity contribution >= 4 is 26.5 Å². The summed E-state index contributed by atoms with van der Waals surface area (Å²) in [5.41, 5.74) is 3.04. The lowest BCUT2D eigenvalue weighted by Crippen LogP contribution is -2.39. The van der Waals surface area contributed by atoms with Gasteiger partial charge >= 0.3 is 0 Å². The third kappa shape index (κ3) is 4.98. The van der Waals surface area contributed by atoms with Gasteiger partial charge in [-0.3, -0.25) is 0 Å². The molecule has 8 heteroatoms. The predicted octanol–water partition coefficient (Wildman–Crippen LogP) is 4.35. The van der Waals surface area contributed by atoms with Crippen LogP contribution in [0.2, 0.25) is 0 Å². The zero-order chi connectivity index (χ0) is 20.4. The first-order valence-corrected chi connectivity index (χ1v) is 12.9. The van der Waals surface area contributed by atoms with Gasteiger partial charge in [0.1, 0.15) is 5.82 Å². The number of hydrogen-bond acceptors (Lipinski definition) is 5. The molecule has 2 aromatic rings. The van der Waals surface area contributed by atoms with E-state index >= 15 is 0 Å². The summed E-state index contributed by atoms with van der Waals surface area (Å²) in [5, 5.41) is 4.39. The van der Waals surface area contributed by atoms with E-state index in [1.165, 1.54) is 16.5 Å². The van der Waals surface area contributed by atoms with Crippen LogP contribution in [0, 0.1) is 11.7 Å². The fraction of sp³-hybridized carbons (Fsp3) is 0.571. The Morgan fingerprint density at radius 1 is 1.21 bits per heavy atom. The van der Waals surface area contributed by atoms with Crippen molar-refractivity contribution in [3.8, 4) is 11.3 Å². The Morgan fingerprint density at radius 3 is 2.76 bits per heavy atom. The first-order chi connectivity index (χ1) is 13.9. The average molecular weight is 438 g/mol. The lowest BCUT2D eigenvalue weighted by atomic mass is 9.86. The van der Waals surface area contributed by atoms with Crippen LogP contribution in [-0.4, -0.2) is 31.7 Å². The number of hydrogen-bond donors (Lipinski definition) is 2. The molecule has 5 nitrogen and oxygen atoms in total. The largest absolute Gasteiger partial charge is 0.361 e. The number of rotatable bonds is 6. The lowest BCUT2D eigenvalue weighted by Gasteiger charge is -2.28. The lowest BCUT2D eigenvalue weighted by molar-refractivity contribution is 0.324. The summed E-state index contributed by atoms with van der Waals surface area (Å²) in [6.45, 7) is 2.51. The van der Waals surface area contributed by atoms with Crippen LogP contribution in [0.15, 0.2) is 18.2 Å². The zero-order valence-electron chi connectivity index (χ0n) is 16.7. The Kier molecular flexibility index (Phi) is 6.22. The van der Waals surface area contributed by atoms with Crippen molar-refractivity contribution < 1.29 is 12.8 Å². The summed E-state index contributed by atoms with van der Waals surface area (Å²) in [7, 11) is -3.12. The number of benzene rings is 1. The van der Waals surface area contributed by atoms with Gasteiger partial charge in [-0.25, -0.2) is 22.5 Å². The van der Waals surface area contributed by atoms with Crippen molar-refractivity contribution in [1.82, 2.24) is 9.71 Å². The number of aryl methyl sites for hydroxylation is 2. The summed E-state index contributed by atoms with van der Waals surface area (Å²) in [5.74, 6) is 0.441. The average Bonchev–Trinajstić information content (AvgIpc) is 3.04. The molecule has 0 aliphatic heterocycles. The van der Waals surface area contributed by atoms with E-state index in [0.29, 0.717) is 5.92 Å². The van der Waals surface area contributed by atoms with Crippen molar-refractivity contribution in [2.45, 2.75) is 57.9 Å². The SMILES string of the molecule is CCS(=O)(=O)NC1CCC(CNc2nc3c(s2)CCCc2ccc(F)cc2-3)CC1. The molecule has 1 aromatic heterocycles. The van der Waals surface area contributed by atoms with Gasteiger partial charge in [-0.05, 0) is 75.5 Å². The Hall–Kier alpha value is -1.51. The smallest absolute Gasteiger partial charge is 0.211 e. The molecule has 2 N–H and O–H groups in total. The van der Waals surface area contributed by atoms with Gasteiger partial charge in [-0.15, -0.1) is 11.3 Å². The highest BCUT2D eigenvalue weighted by Gasteiger charge is 2.25. The highest BCUT2D eigenvalue weighted by molar-refractivity contribution is 7.89. The second kappa shape index (κ2) is 8.70. The maximum absolute atomic E-state index is 13.8. The molecule has 1 saturated carbocycles. The van der Waals surface area contributed by atoms with Gasteiger partial charge in [0.25, 0.3) is 0 Å². The summed E-state index contributed by atoms with van der Waals surface area (Å²) >= 11 is 1.68. The van der Waals surface area contributed by atoms with Gasteiger partial charge < -0.3 is 5.32 Å². The number of thiazole rings is 1. The van der Waals surface area contributed by atoms with Gasteiger partial charge in [0, 0.05) is 23.0 Å². The van der Waals surface area contributed by atoms with Gasteiger partial charge in [0.15, 0.2) is 5.13 Å². The Balaban J connectivity index is 1.36. The Bertz CT molecular complexity index is 966. The molecule has 4 rings (SSSR count). The van der Waals surface area contributed by atoms with Gasteiger partial charge in [0.2, 0.25) is 10.0 Å². The minimum absolute atomic E-state index is 0.0681. The molecule has 1 aromatic carbocycles. The summed E-state index contributed by atoms with van der Waals surface area (Å²) < 4.78 is 40.1. The number of aromatic nitrogens is 1. The first-order valence-electron chi connectivity index (χ1n) is 10.5. The zero-order valence-corrected chi connectivity index (χ0v) is 18.3. The molecule has 158 valence electrons. The second-order valence-electron chi connectivity index (χ2n) is 8.07. The molecular formula is C21H28FN3O2S2. The fourth-order valence-electron chi connectivity index (χ4n) is 4.29. The van der Waals surface area contributed by atoms with Crippen LogP contribution in [0.4, 0.5) is 9.52 Å². The van der Waals surface area contributed by atoms with E-state index in [0.717, 1.165) is 67.9 Å². The van der Waals surface area contributed by atoms with Crippen molar-refractivity contribution in [2.75, 3.05) is 17.6 Å². The number of halogens is 1. The van der Waals surface area contributed by atoms with E-state index in [1.807, 2.05) is 6.07 Å². The van der Waals surface area contributed by atoms with Crippen LogP contribution in [0.5, 0.6) is 0 Å². The number of fused-ring (bicyclic) bond motifs is 3. The summed E-state index contributed by atoms with van der Waals surface area (Å²) in [6, 6.07) is 5.10. The molecule has 0 saturated heterocycles. The molecule has 0 atom stereocenters. The van der Waals surface area contributed by atoms with E-state index in [-0.39, 0.29) is 17.6 Å². The van der Waals surface area contributed by atoms with Crippen molar-refractivity contribution in [1.29, 1.82) is 0 Å². The van der Waals surface area contributed by atoms with Crippen LogP contribution >= 0.6 is 11.3 Å². The molecule has 2 aliphatic rings.